The van der Waals surface area contributed by atoms with E-state index in [1.54, 1.807) is 0 Å². The minimum atomic E-state index is -0.491. The number of likely N-dealkylation sites (N-methyl/N-ethyl adjacent to an activating group) is 1. The van der Waals surface area contributed by atoms with Crippen molar-refractivity contribution in [1.82, 2.24) is 4.90 Å². The van der Waals surface area contributed by atoms with Crippen molar-refractivity contribution in [2.24, 2.45) is 11.1 Å². The topological polar surface area (TPSA) is 49.5 Å². The maximum atomic E-state index is 10.5. The van der Waals surface area contributed by atoms with Crippen LogP contribution in [0.3, 0.4) is 0 Å². The van der Waals surface area contributed by atoms with Crippen molar-refractivity contribution in [1.29, 1.82) is 0 Å². The summed E-state index contributed by atoms with van der Waals surface area (Å²) in [7, 11) is 2.07. The van der Waals surface area contributed by atoms with E-state index in [0.717, 1.165) is 32.4 Å². The lowest BCUT2D eigenvalue weighted by atomic mass is 9.58. The molecule has 1 aliphatic heterocycles. The Morgan fingerprint density at radius 3 is 2.38 bits per heavy atom. The molecule has 2 rings (SSSR count). The van der Waals surface area contributed by atoms with Crippen LogP contribution in [0.25, 0.3) is 0 Å². The van der Waals surface area contributed by atoms with Gasteiger partial charge < -0.3 is 15.7 Å². The monoisotopic (exact) mass is 184 g/mol. The van der Waals surface area contributed by atoms with Gasteiger partial charge in [0.25, 0.3) is 0 Å². The van der Waals surface area contributed by atoms with Gasteiger partial charge in [-0.2, -0.15) is 0 Å². The maximum absolute atomic E-state index is 10.5. The van der Waals surface area contributed by atoms with Crippen molar-refractivity contribution < 1.29 is 5.11 Å². The Balaban J connectivity index is 2.13. The predicted molar refractivity (Wildman–Crippen MR) is 52.4 cm³/mol. The van der Waals surface area contributed by atoms with Gasteiger partial charge in [0.1, 0.15) is 0 Å². The second kappa shape index (κ2) is 2.94. The zero-order chi connectivity index (χ0) is 9.53. The van der Waals surface area contributed by atoms with E-state index in [1.807, 2.05) is 0 Å². The fourth-order valence-corrected chi connectivity index (χ4v) is 2.88. The molecule has 3 N–H and O–H groups in total. The minimum Gasteiger partial charge on any atom is -0.388 e. The summed E-state index contributed by atoms with van der Waals surface area (Å²) in [6.45, 7) is 2.47. The fraction of sp³-hybridized carbons (Fsp3) is 1.00. The van der Waals surface area contributed by atoms with Gasteiger partial charge in [0, 0.05) is 25.0 Å². The molecular weight excluding hydrogens is 164 g/mol. The molecule has 76 valence electrons. The van der Waals surface area contributed by atoms with E-state index in [1.165, 1.54) is 6.42 Å². The van der Waals surface area contributed by atoms with Crippen LogP contribution >= 0.6 is 0 Å². The Morgan fingerprint density at radius 2 is 2.08 bits per heavy atom. The van der Waals surface area contributed by atoms with Crippen molar-refractivity contribution in [3.8, 4) is 0 Å². The number of aliphatic hydroxyl groups is 1. The van der Waals surface area contributed by atoms with Crippen molar-refractivity contribution in [3.05, 3.63) is 0 Å². The molecule has 3 heteroatoms. The lowest BCUT2D eigenvalue weighted by Crippen LogP contribution is -2.57. The molecule has 2 fully saturated rings. The normalized spacial score (nSPS) is 39.0. The molecule has 0 radical (unpaired) electrons. The number of hydrogen-bond donors (Lipinski definition) is 2. The molecule has 2 aliphatic rings. The van der Waals surface area contributed by atoms with E-state index in [-0.39, 0.29) is 5.41 Å². The van der Waals surface area contributed by atoms with Crippen LogP contribution < -0.4 is 5.73 Å². The van der Waals surface area contributed by atoms with Crippen LogP contribution in [0.1, 0.15) is 25.7 Å². The molecule has 0 spiro atoms. The summed E-state index contributed by atoms with van der Waals surface area (Å²) >= 11 is 0. The first-order valence-corrected chi connectivity index (χ1v) is 5.23. The van der Waals surface area contributed by atoms with Gasteiger partial charge >= 0.3 is 0 Å². The summed E-state index contributed by atoms with van der Waals surface area (Å²) in [6.07, 6.45) is 4.38. The summed E-state index contributed by atoms with van der Waals surface area (Å²) in [5, 5.41) is 10.5. The van der Waals surface area contributed by atoms with Gasteiger partial charge in [-0.15, -0.1) is 0 Å². The molecule has 1 unspecified atom stereocenters. The highest BCUT2D eigenvalue weighted by Gasteiger charge is 2.55. The van der Waals surface area contributed by atoms with E-state index in [9.17, 15) is 5.11 Å². The zero-order valence-electron chi connectivity index (χ0n) is 8.42. The average molecular weight is 184 g/mol. The van der Waals surface area contributed by atoms with Crippen molar-refractivity contribution in [3.63, 3.8) is 0 Å². The third-order valence-corrected chi connectivity index (χ3v) is 4.13. The number of rotatable bonds is 2. The third-order valence-electron chi connectivity index (χ3n) is 4.13. The molecule has 0 aromatic heterocycles. The molecule has 1 saturated carbocycles. The summed E-state index contributed by atoms with van der Waals surface area (Å²) in [4.78, 5) is 2.20. The van der Waals surface area contributed by atoms with E-state index in [0.29, 0.717) is 6.54 Å². The lowest BCUT2D eigenvalue weighted by molar-refractivity contribution is -0.113. The quantitative estimate of drug-likeness (QED) is 0.644. The highest BCUT2D eigenvalue weighted by atomic mass is 16.3. The molecule has 0 bridgehead atoms. The first-order chi connectivity index (χ1) is 6.12. The highest BCUT2D eigenvalue weighted by Crippen LogP contribution is 2.51. The number of nitrogens with two attached hydrogens (primary N) is 1. The van der Waals surface area contributed by atoms with Gasteiger partial charge in [-0.3, -0.25) is 0 Å². The molecule has 1 atom stereocenters. The molecule has 1 aliphatic carbocycles. The van der Waals surface area contributed by atoms with Gasteiger partial charge in [-0.1, -0.05) is 6.42 Å². The molecule has 1 saturated heterocycles. The Kier molecular flexibility index (Phi) is 2.13. The molecular formula is C10H20N2O. The minimum absolute atomic E-state index is 0.0533. The first-order valence-electron chi connectivity index (χ1n) is 5.23. The van der Waals surface area contributed by atoms with Gasteiger partial charge in [0.05, 0.1) is 5.60 Å². The summed E-state index contributed by atoms with van der Waals surface area (Å²) in [5.74, 6) is 0. The van der Waals surface area contributed by atoms with Crippen LogP contribution in [-0.2, 0) is 0 Å². The molecule has 1 heterocycles. The summed E-state index contributed by atoms with van der Waals surface area (Å²) in [5.41, 5.74) is 5.36. The standard InChI is InChI=1S/C10H20N2O/c1-12-6-5-10(13,8-12)9(7-11)3-2-4-9/h13H,2-8,11H2,1H3. The Morgan fingerprint density at radius 1 is 1.38 bits per heavy atom. The number of nitrogens with zero attached hydrogens (tertiary/aromatic N) is 1. The SMILES string of the molecule is CN1CCC(O)(C2(CN)CCC2)C1. The first kappa shape index (κ1) is 9.44. The Bertz CT molecular complexity index is 198. The van der Waals surface area contributed by atoms with Gasteiger partial charge in [0.2, 0.25) is 0 Å². The van der Waals surface area contributed by atoms with Crippen molar-refractivity contribution in [2.75, 3.05) is 26.7 Å². The zero-order valence-corrected chi connectivity index (χ0v) is 8.42. The van der Waals surface area contributed by atoms with E-state index in [2.05, 4.69) is 11.9 Å². The van der Waals surface area contributed by atoms with E-state index in [4.69, 9.17) is 5.73 Å². The van der Waals surface area contributed by atoms with Crippen LogP contribution in [0, 0.1) is 5.41 Å². The largest absolute Gasteiger partial charge is 0.388 e. The molecule has 3 nitrogen and oxygen atoms in total. The molecule has 13 heavy (non-hydrogen) atoms. The van der Waals surface area contributed by atoms with Crippen LogP contribution in [-0.4, -0.2) is 42.3 Å². The average Bonchev–Trinajstić information content (AvgIpc) is 2.30. The molecule has 0 aromatic carbocycles. The van der Waals surface area contributed by atoms with Crippen LogP contribution in [0.2, 0.25) is 0 Å². The Hall–Kier alpha value is -0.120. The third kappa shape index (κ3) is 1.22. The second-order valence-electron chi connectivity index (χ2n) is 4.86. The smallest absolute Gasteiger partial charge is 0.0853 e. The number of likely N-dealkylation sites (tertiary alicyclic amines) is 1. The maximum Gasteiger partial charge on any atom is 0.0853 e. The van der Waals surface area contributed by atoms with Crippen LogP contribution in [0.5, 0.6) is 0 Å². The highest BCUT2D eigenvalue weighted by molar-refractivity contribution is 5.08. The van der Waals surface area contributed by atoms with Crippen molar-refractivity contribution >= 4 is 0 Å². The van der Waals surface area contributed by atoms with E-state index < -0.39 is 5.60 Å². The second-order valence-corrected chi connectivity index (χ2v) is 4.86. The number of hydrogen-bond acceptors (Lipinski definition) is 3. The fourth-order valence-electron chi connectivity index (χ4n) is 2.88. The molecule has 0 amide bonds. The Labute approximate surface area is 79.9 Å². The van der Waals surface area contributed by atoms with E-state index >= 15 is 0 Å². The van der Waals surface area contributed by atoms with Gasteiger partial charge in [0.15, 0.2) is 0 Å². The predicted octanol–water partition coefficient (Wildman–Crippen LogP) is 0.182. The van der Waals surface area contributed by atoms with Crippen LogP contribution in [0.4, 0.5) is 0 Å². The van der Waals surface area contributed by atoms with Crippen molar-refractivity contribution in [2.45, 2.75) is 31.3 Å². The summed E-state index contributed by atoms with van der Waals surface area (Å²) in [6, 6.07) is 0. The number of β-amino-alcohol motifs (C(OH)–C–C–N with tert-alkyl or cyclic N) is 1. The lowest BCUT2D eigenvalue weighted by Gasteiger charge is -2.51. The molecule has 0 aromatic rings. The summed E-state index contributed by atoms with van der Waals surface area (Å²) < 4.78 is 0. The van der Waals surface area contributed by atoms with Gasteiger partial charge in [-0.05, 0) is 26.3 Å². The van der Waals surface area contributed by atoms with Crippen LogP contribution in [0.15, 0.2) is 0 Å². The van der Waals surface area contributed by atoms with Gasteiger partial charge in [-0.25, -0.2) is 0 Å².